The fourth-order valence-corrected chi connectivity index (χ4v) is 2.50. The molecule has 7 heteroatoms. The van der Waals surface area contributed by atoms with Gasteiger partial charge in [-0.1, -0.05) is 23.9 Å². The van der Waals surface area contributed by atoms with Crippen LogP contribution in [0.1, 0.15) is 0 Å². The van der Waals surface area contributed by atoms with Crippen LogP contribution < -0.4 is 11.1 Å². The van der Waals surface area contributed by atoms with Gasteiger partial charge in [0.2, 0.25) is 0 Å². The summed E-state index contributed by atoms with van der Waals surface area (Å²) in [7, 11) is 0. The van der Waals surface area contributed by atoms with Crippen LogP contribution in [0.15, 0.2) is 45.9 Å². The summed E-state index contributed by atoms with van der Waals surface area (Å²) in [4.78, 5) is 4.57. The topological polar surface area (TPSA) is 50.9 Å². The number of halogens is 3. The number of para-hydroxylation sites is 1. The molecule has 1 heterocycles. The van der Waals surface area contributed by atoms with Gasteiger partial charge in [0.1, 0.15) is 5.82 Å². The smallest absolute Gasteiger partial charge is 0.288 e. The molecule has 0 unspecified atom stereocenters. The van der Waals surface area contributed by atoms with Crippen LogP contribution in [0.2, 0.25) is 0 Å². The number of nitrogens with zero attached hydrogens (tertiary/aromatic N) is 1. The number of pyridine rings is 1. The molecule has 2 rings (SSSR count). The first-order valence-corrected chi connectivity index (χ1v) is 6.95. The molecular formula is C12H10BrF2N3S. The summed E-state index contributed by atoms with van der Waals surface area (Å²) in [5, 5.41) is 3.01. The summed E-state index contributed by atoms with van der Waals surface area (Å²) >= 11 is 3.81. The van der Waals surface area contributed by atoms with E-state index in [1.54, 1.807) is 30.3 Å². The fraction of sp³-hybridized carbons (Fsp3) is 0.0833. The van der Waals surface area contributed by atoms with Gasteiger partial charge in [0.15, 0.2) is 0 Å². The second-order valence-corrected chi connectivity index (χ2v) is 5.48. The van der Waals surface area contributed by atoms with Crippen LogP contribution in [-0.4, -0.2) is 10.7 Å². The van der Waals surface area contributed by atoms with E-state index < -0.39 is 5.76 Å². The quantitative estimate of drug-likeness (QED) is 0.802. The van der Waals surface area contributed by atoms with Crippen molar-refractivity contribution in [1.82, 2.24) is 4.98 Å². The van der Waals surface area contributed by atoms with Crippen LogP contribution in [0.25, 0.3) is 0 Å². The van der Waals surface area contributed by atoms with Crippen molar-refractivity contribution in [2.75, 3.05) is 11.1 Å². The Morgan fingerprint density at radius 2 is 2.05 bits per heavy atom. The predicted molar refractivity (Wildman–Crippen MR) is 77.9 cm³/mol. The van der Waals surface area contributed by atoms with Crippen molar-refractivity contribution < 1.29 is 8.78 Å². The summed E-state index contributed by atoms with van der Waals surface area (Å²) in [5.74, 6) is -1.94. The van der Waals surface area contributed by atoms with Crippen molar-refractivity contribution in [2.24, 2.45) is 0 Å². The first-order chi connectivity index (χ1) is 9.06. The van der Waals surface area contributed by atoms with Crippen LogP contribution in [0.4, 0.5) is 26.0 Å². The third-order valence-corrected chi connectivity index (χ3v) is 3.61. The minimum Gasteiger partial charge on any atom is -0.397 e. The molecule has 0 aliphatic heterocycles. The number of benzene rings is 1. The van der Waals surface area contributed by atoms with E-state index in [0.29, 0.717) is 38.3 Å². The molecule has 0 aliphatic carbocycles. The zero-order valence-corrected chi connectivity index (χ0v) is 12.0. The van der Waals surface area contributed by atoms with E-state index in [4.69, 9.17) is 5.73 Å². The maximum atomic E-state index is 12.5. The van der Waals surface area contributed by atoms with Crippen molar-refractivity contribution in [3.8, 4) is 0 Å². The number of nitrogen functional groups attached to an aromatic ring is 1. The number of anilines is 3. The second-order valence-electron chi connectivity index (χ2n) is 3.60. The Balaban J connectivity index is 2.27. The van der Waals surface area contributed by atoms with Crippen LogP contribution in [0.5, 0.6) is 0 Å². The fourth-order valence-electron chi connectivity index (χ4n) is 1.44. The summed E-state index contributed by atoms with van der Waals surface area (Å²) in [6.07, 6.45) is 1.50. The molecule has 0 fully saturated rings. The van der Waals surface area contributed by atoms with E-state index in [1.165, 1.54) is 6.20 Å². The van der Waals surface area contributed by atoms with Crippen LogP contribution in [-0.2, 0) is 0 Å². The number of thioether (sulfide) groups is 1. The van der Waals surface area contributed by atoms with Crippen LogP contribution in [0.3, 0.4) is 0 Å². The Hall–Kier alpha value is -1.34. The van der Waals surface area contributed by atoms with Gasteiger partial charge < -0.3 is 11.1 Å². The van der Waals surface area contributed by atoms with Gasteiger partial charge in [-0.25, -0.2) is 4.98 Å². The lowest BCUT2D eigenvalue weighted by Crippen LogP contribution is -1.98. The number of hydrogen-bond acceptors (Lipinski definition) is 4. The predicted octanol–water partition coefficient (Wildman–Crippen LogP) is 4.48. The van der Waals surface area contributed by atoms with E-state index in [1.807, 2.05) is 0 Å². The van der Waals surface area contributed by atoms with Gasteiger partial charge in [0, 0.05) is 4.90 Å². The molecule has 19 heavy (non-hydrogen) atoms. The molecule has 2 aromatic rings. The largest absolute Gasteiger partial charge is 0.397 e. The Morgan fingerprint density at radius 1 is 1.32 bits per heavy atom. The number of rotatable bonds is 4. The Bertz CT molecular complexity index is 581. The molecule has 0 amide bonds. The molecule has 0 bridgehead atoms. The van der Waals surface area contributed by atoms with Crippen LogP contribution >= 0.6 is 27.7 Å². The lowest BCUT2D eigenvalue weighted by Gasteiger charge is -2.12. The average molecular weight is 346 g/mol. The summed E-state index contributed by atoms with van der Waals surface area (Å²) in [6.45, 7) is 0. The van der Waals surface area contributed by atoms with E-state index in [9.17, 15) is 8.78 Å². The zero-order chi connectivity index (χ0) is 13.8. The number of alkyl halides is 2. The summed E-state index contributed by atoms with van der Waals surface area (Å²) < 4.78 is 25.6. The van der Waals surface area contributed by atoms with Crippen molar-refractivity contribution in [3.05, 3.63) is 41.0 Å². The van der Waals surface area contributed by atoms with Gasteiger partial charge in [0.25, 0.3) is 5.76 Å². The van der Waals surface area contributed by atoms with Crippen molar-refractivity contribution in [2.45, 2.75) is 10.7 Å². The molecule has 0 spiro atoms. The SMILES string of the molecule is Nc1cnc(Nc2ccccc2SC(F)F)c(Br)c1. The van der Waals surface area contributed by atoms with Gasteiger partial charge in [-0.3, -0.25) is 0 Å². The van der Waals surface area contributed by atoms with E-state index in [0.717, 1.165) is 0 Å². The average Bonchev–Trinajstić information content (AvgIpc) is 2.34. The highest BCUT2D eigenvalue weighted by Crippen LogP contribution is 2.34. The molecule has 1 aromatic carbocycles. The monoisotopic (exact) mass is 345 g/mol. The first kappa shape index (κ1) is 14.1. The highest BCUT2D eigenvalue weighted by atomic mass is 79.9. The second kappa shape index (κ2) is 6.21. The third-order valence-electron chi connectivity index (χ3n) is 2.22. The van der Waals surface area contributed by atoms with Crippen molar-refractivity contribution in [1.29, 1.82) is 0 Å². The minimum atomic E-state index is -2.47. The van der Waals surface area contributed by atoms with Crippen molar-refractivity contribution in [3.63, 3.8) is 0 Å². The van der Waals surface area contributed by atoms with Gasteiger partial charge >= 0.3 is 0 Å². The molecule has 3 N–H and O–H groups in total. The standard InChI is InChI=1S/C12H10BrF2N3S/c13-8-5-7(16)6-17-11(8)18-9-3-1-2-4-10(9)19-12(14)15/h1-6,12H,16H2,(H,17,18). The maximum absolute atomic E-state index is 12.5. The number of aromatic nitrogens is 1. The number of nitrogens with two attached hydrogens (primary N) is 1. The van der Waals surface area contributed by atoms with Crippen LogP contribution in [0, 0.1) is 0 Å². The summed E-state index contributed by atoms with van der Waals surface area (Å²) in [5.41, 5.74) is 6.69. The molecule has 0 atom stereocenters. The van der Waals surface area contributed by atoms with Gasteiger partial charge in [-0.15, -0.1) is 0 Å². The maximum Gasteiger partial charge on any atom is 0.288 e. The molecule has 3 nitrogen and oxygen atoms in total. The third kappa shape index (κ3) is 3.81. The molecule has 1 aromatic heterocycles. The molecular weight excluding hydrogens is 336 g/mol. The Kier molecular flexibility index (Phi) is 4.60. The lowest BCUT2D eigenvalue weighted by molar-refractivity contribution is 0.252. The van der Waals surface area contributed by atoms with E-state index in [2.05, 4.69) is 26.2 Å². The minimum absolute atomic E-state index is 0.461. The molecule has 100 valence electrons. The number of hydrogen-bond donors (Lipinski definition) is 2. The molecule has 0 aliphatic rings. The van der Waals surface area contributed by atoms with E-state index in [-0.39, 0.29) is 0 Å². The molecule has 0 saturated heterocycles. The van der Waals surface area contributed by atoms with E-state index >= 15 is 0 Å². The lowest BCUT2D eigenvalue weighted by atomic mass is 10.3. The summed E-state index contributed by atoms with van der Waals surface area (Å²) in [6, 6.07) is 8.52. The Labute approximate surface area is 121 Å². The Morgan fingerprint density at radius 3 is 2.74 bits per heavy atom. The molecule has 0 radical (unpaired) electrons. The van der Waals surface area contributed by atoms with Gasteiger partial charge in [-0.05, 0) is 34.1 Å². The van der Waals surface area contributed by atoms with Gasteiger partial charge in [0.05, 0.1) is 22.0 Å². The number of nitrogens with one attached hydrogen (secondary N) is 1. The van der Waals surface area contributed by atoms with Crippen molar-refractivity contribution >= 4 is 44.9 Å². The highest BCUT2D eigenvalue weighted by molar-refractivity contribution is 9.10. The zero-order valence-electron chi connectivity index (χ0n) is 9.61. The first-order valence-electron chi connectivity index (χ1n) is 5.28. The van der Waals surface area contributed by atoms with Gasteiger partial charge in [-0.2, -0.15) is 8.78 Å². The highest BCUT2D eigenvalue weighted by Gasteiger charge is 2.11. The normalized spacial score (nSPS) is 10.7. The molecule has 0 saturated carbocycles.